The molecule has 15 heavy (non-hydrogen) atoms. The van der Waals surface area contributed by atoms with E-state index in [1.165, 1.54) is 6.07 Å². The fourth-order valence-electron chi connectivity index (χ4n) is 1.67. The Bertz CT molecular complexity index is 343. The Morgan fingerprint density at radius 3 is 3.27 bits per heavy atom. The molecule has 1 aromatic rings. The maximum Gasteiger partial charge on any atom is 0.125 e. The van der Waals surface area contributed by atoms with Crippen LogP contribution in [0.25, 0.3) is 0 Å². The molecular weight excluding hydrogens is 211 g/mol. The second kappa shape index (κ2) is 4.86. The number of fused-ring (bicyclic) bond motifs is 1. The lowest BCUT2D eigenvalue weighted by Crippen LogP contribution is -2.29. The van der Waals surface area contributed by atoms with Crippen molar-refractivity contribution in [2.45, 2.75) is 17.4 Å². The lowest BCUT2D eigenvalue weighted by atomic mass is 10.2. The van der Waals surface area contributed by atoms with Crippen molar-refractivity contribution in [3.05, 3.63) is 24.0 Å². The Labute approximate surface area is 93.6 Å². The smallest absolute Gasteiger partial charge is 0.125 e. The van der Waals surface area contributed by atoms with E-state index in [2.05, 4.69) is 10.6 Å². The van der Waals surface area contributed by atoms with Crippen LogP contribution in [0, 0.1) is 5.82 Å². The van der Waals surface area contributed by atoms with Crippen molar-refractivity contribution in [3.8, 4) is 0 Å². The summed E-state index contributed by atoms with van der Waals surface area (Å²) in [5.74, 6) is 0.886. The number of hydrogen-bond donors (Lipinski definition) is 2. The number of benzene rings is 1. The molecule has 0 aliphatic carbocycles. The zero-order valence-corrected chi connectivity index (χ0v) is 9.53. The van der Waals surface area contributed by atoms with Gasteiger partial charge in [-0.3, -0.25) is 0 Å². The summed E-state index contributed by atoms with van der Waals surface area (Å²) < 4.78 is 13.0. The quantitative estimate of drug-likeness (QED) is 0.827. The molecule has 0 fully saturated rings. The molecule has 0 amide bonds. The van der Waals surface area contributed by atoms with Crippen LogP contribution in [0.15, 0.2) is 23.1 Å². The molecule has 0 bridgehead atoms. The first-order chi connectivity index (χ1) is 7.29. The van der Waals surface area contributed by atoms with E-state index in [4.69, 9.17) is 0 Å². The Kier molecular flexibility index (Phi) is 3.49. The van der Waals surface area contributed by atoms with Crippen molar-refractivity contribution >= 4 is 17.4 Å². The average molecular weight is 226 g/mol. The van der Waals surface area contributed by atoms with Gasteiger partial charge in [0, 0.05) is 16.7 Å². The van der Waals surface area contributed by atoms with Crippen molar-refractivity contribution < 1.29 is 4.39 Å². The van der Waals surface area contributed by atoms with Gasteiger partial charge in [-0.15, -0.1) is 11.8 Å². The zero-order chi connectivity index (χ0) is 10.7. The van der Waals surface area contributed by atoms with Crippen LogP contribution in [0.5, 0.6) is 0 Å². The first kappa shape index (κ1) is 10.8. The second-order valence-corrected chi connectivity index (χ2v) is 4.75. The standard InChI is InChI=1S/C11H15FN2S/c1-13-5-4-9-7-15-11-3-2-8(12)6-10(11)14-9/h2-3,6,9,13-14H,4-5,7H2,1H3. The van der Waals surface area contributed by atoms with E-state index in [-0.39, 0.29) is 5.82 Å². The van der Waals surface area contributed by atoms with E-state index in [1.54, 1.807) is 17.8 Å². The predicted octanol–water partition coefficient (Wildman–Crippen LogP) is 2.32. The molecule has 1 atom stereocenters. The molecule has 2 N–H and O–H groups in total. The molecule has 1 aliphatic heterocycles. The number of halogens is 1. The lowest BCUT2D eigenvalue weighted by molar-refractivity contribution is 0.623. The minimum atomic E-state index is -0.170. The molecule has 82 valence electrons. The maximum atomic E-state index is 13.0. The van der Waals surface area contributed by atoms with Crippen LogP contribution >= 0.6 is 11.8 Å². The third-order valence-corrected chi connectivity index (χ3v) is 3.72. The maximum absolute atomic E-state index is 13.0. The molecule has 1 aliphatic rings. The zero-order valence-electron chi connectivity index (χ0n) is 8.72. The van der Waals surface area contributed by atoms with Gasteiger partial charge in [0.2, 0.25) is 0 Å². The number of nitrogens with one attached hydrogen (secondary N) is 2. The monoisotopic (exact) mass is 226 g/mol. The van der Waals surface area contributed by atoms with E-state index in [0.29, 0.717) is 6.04 Å². The molecular formula is C11H15FN2S. The first-order valence-corrected chi connectivity index (χ1v) is 6.11. The largest absolute Gasteiger partial charge is 0.380 e. The van der Waals surface area contributed by atoms with Crippen molar-refractivity contribution in [1.82, 2.24) is 5.32 Å². The van der Waals surface area contributed by atoms with Gasteiger partial charge in [0.15, 0.2) is 0 Å². The van der Waals surface area contributed by atoms with Gasteiger partial charge in [0.1, 0.15) is 5.82 Å². The lowest BCUT2D eigenvalue weighted by Gasteiger charge is -2.26. The average Bonchev–Trinajstić information content (AvgIpc) is 2.25. The molecule has 1 aromatic carbocycles. The first-order valence-electron chi connectivity index (χ1n) is 5.13. The topological polar surface area (TPSA) is 24.1 Å². The van der Waals surface area contributed by atoms with Crippen LogP contribution in [-0.2, 0) is 0 Å². The third kappa shape index (κ3) is 2.63. The van der Waals surface area contributed by atoms with Crippen molar-refractivity contribution in [2.24, 2.45) is 0 Å². The van der Waals surface area contributed by atoms with Gasteiger partial charge in [-0.25, -0.2) is 4.39 Å². The third-order valence-electron chi connectivity index (χ3n) is 2.48. The van der Waals surface area contributed by atoms with E-state index in [0.717, 1.165) is 29.3 Å². The predicted molar refractivity (Wildman–Crippen MR) is 63.1 cm³/mol. The number of anilines is 1. The van der Waals surface area contributed by atoms with Gasteiger partial charge in [-0.05, 0) is 38.2 Å². The molecule has 1 heterocycles. The van der Waals surface area contributed by atoms with Crippen LogP contribution in [0.2, 0.25) is 0 Å². The van der Waals surface area contributed by atoms with Crippen molar-refractivity contribution in [2.75, 3.05) is 24.7 Å². The van der Waals surface area contributed by atoms with E-state index < -0.39 is 0 Å². The number of hydrogen-bond acceptors (Lipinski definition) is 3. The number of rotatable bonds is 3. The van der Waals surface area contributed by atoms with Crippen molar-refractivity contribution in [1.29, 1.82) is 0 Å². The summed E-state index contributed by atoms with van der Waals surface area (Å²) in [4.78, 5) is 1.15. The molecule has 2 nitrogen and oxygen atoms in total. The van der Waals surface area contributed by atoms with Crippen LogP contribution in [0.1, 0.15) is 6.42 Å². The molecule has 4 heteroatoms. The van der Waals surface area contributed by atoms with Crippen LogP contribution in [0.4, 0.5) is 10.1 Å². The van der Waals surface area contributed by atoms with E-state index in [9.17, 15) is 4.39 Å². The normalized spacial score (nSPS) is 19.5. The minimum absolute atomic E-state index is 0.170. The summed E-state index contributed by atoms with van der Waals surface area (Å²) >= 11 is 1.80. The minimum Gasteiger partial charge on any atom is -0.380 e. The summed E-state index contributed by atoms with van der Waals surface area (Å²) in [7, 11) is 1.95. The Morgan fingerprint density at radius 1 is 1.60 bits per heavy atom. The van der Waals surface area contributed by atoms with Crippen molar-refractivity contribution in [3.63, 3.8) is 0 Å². The summed E-state index contributed by atoms with van der Waals surface area (Å²) in [6, 6.07) is 5.38. The highest BCUT2D eigenvalue weighted by Crippen LogP contribution is 2.34. The van der Waals surface area contributed by atoms with E-state index in [1.807, 2.05) is 13.1 Å². The summed E-state index contributed by atoms with van der Waals surface area (Å²) in [6.45, 7) is 0.989. The fraction of sp³-hybridized carbons (Fsp3) is 0.455. The van der Waals surface area contributed by atoms with Gasteiger partial charge >= 0.3 is 0 Å². The molecule has 0 saturated heterocycles. The summed E-state index contributed by atoms with van der Waals surface area (Å²) in [5, 5.41) is 6.50. The van der Waals surface area contributed by atoms with Crippen LogP contribution in [-0.4, -0.2) is 25.4 Å². The van der Waals surface area contributed by atoms with Gasteiger partial charge in [-0.2, -0.15) is 0 Å². The van der Waals surface area contributed by atoms with Gasteiger partial charge in [0.25, 0.3) is 0 Å². The Morgan fingerprint density at radius 2 is 2.47 bits per heavy atom. The van der Waals surface area contributed by atoms with Gasteiger partial charge in [-0.1, -0.05) is 0 Å². The number of thioether (sulfide) groups is 1. The van der Waals surface area contributed by atoms with Gasteiger partial charge < -0.3 is 10.6 Å². The molecule has 1 unspecified atom stereocenters. The molecule has 0 spiro atoms. The molecule has 0 saturated carbocycles. The fourth-order valence-corrected chi connectivity index (χ4v) is 2.74. The van der Waals surface area contributed by atoms with Gasteiger partial charge in [0.05, 0.1) is 5.69 Å². The van der Waals surface area contributed by atoms with Crippen LogP contribution < -0.4 is 10.6 Å². The summed E-state index contributed by atoms with van der Waals surface area (Å²) in [6.07, 6.45) is 1.07. The highest BCUT2D eigenvalue weighted by atomic mass is 32.2. The second-order valence-electron chi connectivity index (χ2n) is 3.68. The molecule has 0 aromatic heterocycles. The SMILES string of the molecule is CNCCC1CSc2ccc(F)cc2N1. The Balaban J connectivity index is 2.05. The van der Waals surface area contributed by atoms with Crippen LogP contribution in [0.3, 0.4) is 0 Å². The molecule has 0 radical (unpaired) electrons. The highest BCUT2D eigenvalue weighted by Gasteiger charge is 2.17. The Hall–Kier alpha value is -0.740. The molecule has 2 rings (SSSR count). The highest BCUT2D eigenvalue weighted by molar-refractivity contribution is 7.99. The van der Waals surface area contributed by atoms with E-state index >= 15 is 0 Å². The summed E-state index contributed by atoms with van der Waals surface area (Å²) in [5.41, 5.74) is 0.937.